The fourth-order valence-corrected chi connectivity index (χ4v) is 5.68. The van der Waals surface area contributed by atoms with Crippen molar-refractivity contribution in [1.29, 1.82) is 0 Å². The van der Waals surface area contributed by atoms with Gasteiger partial charge in [-0.15, -0.1) is 0 Å². The Hall–Kier alpha value is -0.300. The second-order valence-corrected chi connectivity index (χ2v) is 7.33. The van der Waals surface area contributed by atoms with Gasteiger partial charge in [0.15, 0.2) is 0 Å². The number of allylic oxidation sites excluding steroid dienone is 1. The van der Waals surface area contributed by atoms with Gasteiger partial charge in [0.25, 0.3) is 0 Å². The molecule has 1 heterocycles. The molecule has 5 aliphatic rings. The van der Waals surface area contributed by atoms with Crippen LogP contribution in [-0.2, 0) is 0 Å². The lowest BCUT2D eigenvalue weighted by atomic mass is 9.49. The van der Waals surface area contributed by atoms with E-state index in [0.717, 1.165) is 17.8 Å². The molecule has 4 saturated carbocycles. The van der Waals surface area contributed by atoms with Crippen molar-refractivity contribution < 1.29 is 0 Å². The third kappa shape index (κ3) is 1.87. The third-order valence-electron chi connectivity index (χ3n) is 5.84. The van der Waals surface area contributed by atoms with Gasteiger partial charge in [-0.2, -0.15) is 0 Å². The van der Waals surface area contributed by atoms with Crippen LogP contribution < -0.4 is 5.32 Å². The van der Waals surface area contributed by atoms with Crippen LogP contribution in [0.1, 0.15) is 51.4 Å². The van der Waals surface area contributed by atoms with Gasteiger partial charge in [-0.3, -0.25) is 0 Å². The summed E-state index contributed by atoms with van der Waals surface area (Å²) in [7, 11) is 0. The molecule has 5 fully saturated rings. The number of piperidine rings is 1. The maximum atomic E-state index is 3.48. The molecule has 94 valence electrons. The van der Waals surface area contributed by atoms with Crippen molar-refractivity contribution in [3.05, 3.63) is 11.6 Å². The zero-order valence-corrected chi connectivity index (χ0v) is 10.9. The molecule has 1 aliphatic heterocycles. The zero-order chi connectivity index (χ0) is 11.3. The van der Waals surface area contributed by atoms with Gasteiger partial charge < -0.3 is 5.32 Å². The van der Waals surface area contributed by atoms with Crippen LogP contribution in [0.15, 0.2) is 11.6 Å². The molecular weight excluding hydrogens is 206 g/mol. The van der Waals surface area contributed by atoms with E-state index in [9.17, 15) is 0 Å². The fourth-order valence-electron chi connectivity index (χ4n) is 5.68. The molecule has 0 aromatic rings. The second-order valence-electron chi connectivity index (χ2n) is 7.33. The van der Waals surface area contributed by atoms with E-state index < -0.39 is 0 Å². The van der Waals surface area contributed by atoms with Gasteiger partial charge in [-0.05, 0) is 87.6 Å². The lowest BCUT2D eigenvalue weighted by Gasteiger charge is -2.56. The van der Waals surface area contributed by atoms with Gasteiger partial charge in [0.05, 0.1) is 0 Å². The molecule has 17 heavy (non-hydrogen) atoms. The topological polar surface area (TPSA) is 12.0 Å². The highest BCUT2D eigenvalue weighted by Crippen LogP contribution is 2.61. The number of rotatable bonds is 1. The van der Waals surface area contributed by atoms with Crippen LogP contribution in [-0.4, -0.2) is 13.1 Å². The molecule has 1 saturated heterocycles. The molecule has 1 N–H and O–H groups in total. The Kier molecular flexibility index (Phi) is 2.40. The number of hydrogen-bond donors (Lipinski definition) is 1. The zero-order valence-electron chi connectivity index (χ0n) is 10.9. The Labute approximate surface area is 105 Å². The smallest absolute Gasteiger partial charge is 0.00115 e. The van der Waals surface area contributed by atoms with Crippen LogP contribution in [0.5, 0.6) is 0 Å². The molecule has 4 aliphatic carbocycles. The first-order chi connectivity index (χ1) is 8.31. The molecule has 0 atom stereocenters. The van der Waals surface area contributed by atoms with Crippen molar-refractivity contribution in [3.8, 4) is 0 Å². The van der Waals surface area contributed by atoms with E-state index in [0.29, 0.717) is 5.41 Å². The molecule has 1 heteroatoms. The molecule has 4 bridgehead atoms. The van der Waals surface area contributed by atoms with Crippen molar-refractivity contribution in [2.75, 3.05) is 13.1 Å². The average Bonchev–Trinajstić information content (AvgIpc) is 2.27. The minimum atomic E-state index is 0.668. The van der Waals surface area contributed by atoms with E-state index in [1.807, 2.05) is 0 Å². The summed E-state index contributed by atoms with van der Waals surface area (Å²) < 4.78 is 0. The Bertz CT molecular complexity index is 298. The molecule has 0 radical (unpaired) electrons. The minimum Gasteiger partial charge on any atom is -0.316 e. The van der Waals surface area contributed by atoms with Crippen molar-refractivity contribution >= 4 is 0 Å². The van der Waals surface area contributed by atoms with Gasteiger partial charge in [-0.25, -0.2) is 0 Å². The first-order valence-electron chi connectivity index (χ1n) is 7.73. The molecule has 0 aromatic carbocycles. The summed E-state index contributed by atoms with van der Waals surface area (Å²) in [4.78, 5) is 0. The summed E-state index contributed by atoms with van der Waals surface area (Å²) in [6, 6.07) is 0. The van der Waals surface area contributed by atoms with Gasteiger partial charge in [-0.1, -0.05) is 11.6 Å². The highest BCUT2D eigenvalue weighted by molar-refractivity contribution is 5.17. The monoisotopic (exact) mass is 231 g/mol. The summed E-state index contributed by atoms with van der Waals surface area (Å²) in [5, 5.41) is 3.48. The standard InChI is InChI=1S/C16H25N/c1-3-17-4-2-12(1)8-16-9-13-5-14(10-16)7-15(6-13)11-16/h8,13-15,17H,1-7,9-11H2. The van der Waals surface area contributed by atoms with E-state index in [1.54, 1.807) is 24.8 Å². The van der Waals surface area contributed by atoms with Crippen molar-refractivity contribution in [3.63, 3.8) is 0 Å². The highest BCUT2D eigenvalue weighted by Gasteiger charge is 2.49. The van der Waals surface area contributed by atoms with Crippen LogP contribution >= 0.6 is 0 Å². The van der Waals surface area contributed by atoms with E-state index in [4.69, 9.17) is 0 Å². The van der Waals surface area contributed by atoms with Crippen LogP contribution in [0.25, 0.3) is 0 Å². The van der Waals surface area contributed by atoms with Crippen LogP contribution in [0.3, 0.4) is 0 Å². The van der Waals surface area contributed by atoms with Crippen LogP contribution in [0, 0.1) is 23.2 Å². The molecule has 0 spiro atoms. The Balaban J connectivity index is 1.59. The van der Waals surface area contributed by atoms with Crippen molar-refractivity contribution in [2.45, 2.75) is 51.4 Å². The minimum absolute atomic E-state index is 0.668. The molecule has 0 aromatic heterocycles. The predicted octanol–water partition coefficient (Wildman–Crippen LogP) is 3.51. The highest BCUT2D eigenvalue weighted by atomic mass is 14.9. The summed E-state index contributed by atoms with van der Waals surface area (Å²) in [6.07, 6.45) is 14.8. The van der Waals surface area contributed by atoms with Gasteiger partial charge in [0, 0.05) is 0 Å². The van der Waals surface area contributed by atoms with Crippen LogP contribution in [0.4, 0.5) is 0 Å². The predicted molar refractivity (Wildman–Crippen MR) is 70.8 cm³/mol. The van der Waals surface area contributed by atoms with E-state index in [2.05, 4.69) is 11.4 Å². The Morgan fingerprint density at radius 3 is 1.94 bits per heavy atom. The first kappa shape index (κ1) is 10.6. The van der Waals surface area contributed by atoms with Crippen molar-refractivity contribution in [2.24, 2.45) is 23.2 Å². The van der Waals surface area contributed by atoms with Crippen molar-refractivity contribution in [1.82, 2.24) is 5.32 Å². The SMILES string of the molecule is C(=C1CCNCC1)C12CC3CC(CC(C3)C1)C2. The molecule has 0 amide bonds. The van der Waals surface area contributed by atoms with E-state index in [1.165, 1.54) is 45.2 Å². The largest absolute Gasteiger partial charge is 0.316 e. The first-order valence-corrected chi connectivity index (χ1v) is 7.73. The maximum absolute atomic E-state index is 3.48. The third-order valence-corrected chi connectivity index (χ3v) is 5.84. The quantitative estimate of drug-likeness (QED) is 0.681. The maximum Gasteiger partial charge on any atom is -0.00115 e. The Morgan fingerprint density at radius 2 is 1.41 bits per heavy atom. The van der Waals surface area contributed by atoms with Crippen LogP contribution in [0.2, 0.25) is 0 Å². The number of nitrogens with one attached hydrogen (secondary N) is 1. The molecule has 0 unspecified atom stereocenters. The lowest BCUT2D eigenvalue weighted by molar-refractivity contribution is -0.0243. The Morgan fingerprint density at radius 1 is 0.882 bits per heavy atom. The molecule has 5 rings (SSSR count). The molecule has 1 nitrogen and oxygen atoms in total. The van der Waals surface area contributed by atoms with Gasteiger partial charge in [0.2, 0.25) is 0 Å². The number of hydrogen-bond acceptors (Lipinski definition) is 1. The molecular formula is C16H25N. The summed E-state index contributed by atoms with van der Waals surface area (Å²) in [5.74, 6) is 3.29. The second kappa shape index (κ2) is 3.85. The van der Waals surface area contributed by atoms with Gasteiger partial charge >= 0.3 is 0 Å². The summed E-state index contributed by atoms with van der Waals surface area (Å²) in [5.41, 5.74) is 2.45. The normalized spacial score (nSPS) is 48.5. The average molecular weight is 231 g/mol. The van der Waals surface area contributed by atoms with Gasteiger partial charge in [0.1, 0.15) is 0 Å². The lowest BCUT2D eigenvalue weighted by Crippen LogP contribution is -2.45. The fraction of sp³-hybridized carbons (Fsp3) is 0.875. The van der Waals surface area contributed by atoms with E-state index in [-0.39, 0.29) is 0 Å². The summed E-state index contributed by atoms with van der Waals surface area (Å²) >= 11 is 0. The van der Waals surface area contributed by atoms with E-state index >= 15 is 0 Å². The summed E-state index contributed by atoms with van der Waals surface area (Å²) in [6.45, 7) is 2.44.